The molecule has 0 aliphatic heterocycles. The van der Waals surface area contributed by atoms with Crippen molar-refractivity contribution in [3.05, 3.63) is 60.9 Å². The van der Waals surface area contributed by atoms with E-state index < -0.39 is 0 Å². The van der Waals surface area contributed by atoms with Gasteiger partial charge in [0.2, 0.25) is 0 Å². The third kappa shape index (κ3) is 3.32. The molecule has 1 nitrogen and oxygen atoms in total. The summed E-state index contributed by atoms with van der Waals surface area (Å²) in [5.74, 6) is 0. The van der Waals surface area contributed by atoms with Crippen LogP contribution in [0.1, 0.15) is 25.7 Å². The van der Waals surface area contributed by atoms with Gasteiger partial charge < -0.3 is 17.0 Å². The quantitative estimate of drug-likeness (QED) is 0.730. The van der Waals surface area contributed by atoms with Gasteiger partial charge in [-0.3, -0.25) is 0 Å². The van der Waals surface area contributed by atoms with Crippen molar-refractivity contribution in [3.8, 4) is 11.1 Å². The van der Waals surface area contributed by atoms with E-state index in [0.717, 1.165) is 0 Å². The minimum Gasteiger partial charge on any atom is -1.00 e. The van der Waals surface area contributed by atoms with E-state index in [2.05, 4.69) is 65.5 Å². The van der Waals surface area contributed by atoms with Gasteiger partial charge in [0.15, 0.2) is 18.1 Å². The zero-order valence-electron chi connectivity index (χ0n) is 10.9. The van der Waals surface area contributed by atoms with Crippen molar-refractivity contribution in [1.29, 1.82) is 0 Å². The molecule has 3 rings (SSSR count). The summed E-state index contributed by atoms with van der Waals surface area (Å²) in [5, 5.41) is 0. The van der Waals surface area contributed by atoms with Crippen LogP contribution in [0, 0.1) is 0 Å². The molecule has 0 N–H and O–H groups in total. The maximum Gasteiger partial charge on any atom is 0.182 e. The largest absolute Gasteiger partial charge is 1.00 e. The van der Waals surface area contributed by atoms with Crippen LogP contribution in [0.15, 0.2) is 60.9 Å². The fourth-order valence-corrected chi connectivity index (χ4v) is 2.50. The zero-order valence-corrected chi connectivity index (χ0v) is 12.5. The monoisotopic (exact) mass is 315 g/mol. The molecule has 1 aromatic carbocycles. The maximum absolute atomic E-state index is 2.37. The van der Waals surface area contributed by atoms with Crippen molar-refractivity contribution >= 4 is 5.70 Å². The molecule has 0 radical (unpaired) electrons. The van der Waals surface area contributed by atoms with Gasteiger partial charge in [-0.2, -0.15) is 4.57 Å². The third-order valence-electron chi connectivity index (χ3n) is 3.54. The van der Waals surface area contributed by atoms with E-state index in [9.17, 15) is 0 Å². The molecule has 0 saturated carbocycles. The predicted octanol–water partition coefficient (Wildman–Crippen LogP) is 1.06. The molecule has 1 aliphatic carbocycles. The van der Waals surface area contributed by atoms with Gasteiger partial charge in [-0.1, -0.05) is 30.3 Å². The first-order chi connectivity index (χ1) is 8.93. The minimum atomic E-state index is 0. The van der Waals surface area contributed by atoms with E-state index >= 15 is 0 Å². The van der Waals surface area contributed by atoms with E-state index in [4.69, 9.17) is 0 Å². The number of hydrogen-bond donors (Lipinski definition) is 0. The predicted molar refractivity (Wildman–Crippen MR) is 74.8 cm³/mol. The molecular weight excluding hydrogens is 298 g/mol. The van der Waals surface area contributed by atoms with Crippen LogP contribution in [0.2, 0.25) is 0 Å². The van der Waals surface area contributed by atoms with Crippen molar-refractivity contribution in [2.75, 3.05) is 0 Å². The Morgan fingerprint density at radius 1 is 0.789 bits per heavy atom. The van der Waals surface area contributed by atoms with Crippen LogP contribution in [0.25, 0.3) is 16.8 Å². The van der Waals surface area contributed by atoms with E-state index in [1.54, 1.807) is 0 Å². The number of rotatable bonds is 2. The van der Waals surface area contributed by atoms with E-state index in [-0.39, 0.29) is 17.0 Å². The summed E-state index contributed by atoms with van der Waals surface area (Å²) in [7, 11) is 0. The SMILES string of the molecule is C1=C([n+]2ccc(-c3ccccc3)cc2)CCCC1.[Br-]. The van der Waals surface area contributed by atoms with Crippen LogP contribution in [0.4, 0.5) is 0 Å². The molecule has 2 heteroatoms. The third-order valence-corrected chi connectivity index (χ3v) is 3.54. The van der Waals surface area contributed by atoms with E-state index in [1.807, 2.05) is 0 Å². The lowest BCUT2D eigenvalue weighted by atomic mass is 10.0. The first-order valence-corrected chi connectivity index (χ1v) is 6.70. The Bertz CT molecular complexity index is 543. The lowest BCUT2D eigenvalue weighted by Crippen LogP contribution is -3.00. The van der Waals surface area contributed by atoms with Crippen LogP contribution >= 0.6 is 0 Å². The number of hydrogen-bond acceptors (Lipinski definition) is 0. The summed E-state index contributed by atoms with van der Waals surface area (Å²) in [4.78, 5) is 0. The molecule has 0 unspecified atom stereocenters. The second-order valence-corrected chi connectivity index (χ2v) is 4.80. The molecular formula is C17H18BrN. The van der Waals surface area contributed by atoms with Gasteiger partial charge in [-0.05, 0) is 36.5 Å². The fourth-order valence-electron chi connectivity index (χ4n) is 2.50. The Kier molecular flexibility index (Phi) is 4.92. The lowest BCUT2D eigenvalue weighted by molar-refractivity contribution is -0.583. The summed E-state index contributed by atoms with van der Waals surface area (Å²) in [6, 6.07) is 14.9. The molecule has 19 heavy (non-hydrogen) atoms. The van der Waals surface area contributed by atoms with Gasteiger partial charge in [0, 0.05) is 18.6 Å². The summed E-state index contributed by atoms with van der Waals surface area (Å²) < 4.78 is 2.26. The Hall–Kier alpha value is -1.41. The maximum atomic E-state index is 2.37. The summed E-state index contributed by atoms with van der Waals surface area (Å²) >= 11 is 0. The van der Waals surface area contributed by atoms with Crippen molar-refractivity contribution in [2.24, 2.45) is 0 Å². The first-order valence-electron chi connectivity index (χ1n) is 6.70. The van der Waals surface area contributed by atoms with Gasteiger partial charge in [-0.15, -0.1) is 0 Å². The molecule has 1 aromatic heterocycles. The van der Waals surface area contributed by atoms with Crippen LogP contribution in [0.3, 0.4) is 0 Å². The number of benzene rings is 1. The topological polar surface area (TPSA) is 3.88 Å². The standard InChI is InChI=1S/C17H18N.BrH/c1-3-7-15(8-4-1)16-11-13-18(14-12-16)17-9-5-2-6-10-17;/h1,3-4,7-9,11-14H,2,5-6,10H2;1H/q+1;/p-1. The van der Waals surface area contributed by atoms with E-state index in [1.165, 1.54) is 42.5 Å². The second-order valence-electron chi connectivity index (χ2n) is 4.80. The lowest BCUT2D eigenvalue weighted by Gasteiger charge is -2.07. The second kappa shape index (κ2) is 6.67. The van der Waals surface area contributed by atoms with Crippen molar-refractivity contribution in [2.45, 2.75) is 25.7 Å². The molecule has 0 fully saturated rings. The molecule has 0 atom stereocenters. The van der Waals surface area contributed by atoms with Crippen molar-refractivity contribution in [3.63, 3.8) is 0 Å². The zero-order chi connectivity index (χ0) is 12.2. The van der Waals surface area contributed by atoms with Crippen molar-refractivity contribution in [1.82, 2.24) is 0 Å². The highest BCUT2D eigenvalue weighted by molar-refractivity contribution is 5.62. The number of allylic oxidation sites excluding steroid dienone is 2. The number of pyridine rings is 1. The first kappa shape index (κ1) is 14.0. The fraction of sp³-hybridized carbons (Fsp3) is 0.235. The van der Waals surface area contributed by atoms with Crippen LogP contribution < -0.4 is 21.5 Å². The molecule has 1 aliphatic rings. The van der Waals surface area contributed by atoms with Gasteiger partial charge in [-0.25, -0.2) is 0 Å². The van der Waals surface area contributed by atoms with Crippen LogP contribution in [-0.2, 0) is 0 Å². The molecule has 98 valence electrons. The molecule has 0 spiro atoms. The molecule has 0 bridgehead atoms. The Morgan fingerprint density at radius 2 is 1.47 bits per heavy atom. The van der Waals surface area contributed by atoms with Crippen molar-refractivity contribution < 1.29 is 21.5 Å². The van der Waals surface area contributed by atoms with Crippen LogP contribution in [-0.4, -0.2) is 0 Å². The molecule has 1 heterocycles. The highest BCUT2D eigenvalue weighted by Crippen LogP contribution is 2.19. The Balaban J connectivity index is 0.00000133. The minimum absolute atomic E-state index is 0. The molecule has 0 amide bonds. The molecule has 0 saturated heterocycles. The summed E-state index contributed by atoms with van der Waals surface area (Å²) in [6.45, 7) is 0. The van der Waals surface area contributed by atoms with E-state index in [0.29, 0.717) is 0 Å². The van der Waals surface area contributed by atoms with Gasteiger partial charge in [0.25, 0.3) is 0 Å². The molecule has 2 aromatic rings. The summed E-state index contributed by atoms with van der Waals surface area (Å²) in [5.41, 5.74) is 4.01. The number of nitrogens with zero attached hydrogens (tertiary/aromatic N) is 1. The van der Waals surface area contributed by atoms with Gasteiger partial charge in [0.05, 0.1) is 0 Å². The summed E-state index contributed by atoms with van der Waals surface area (Å²) in [6.07, 6.45) is 11.8. The average molecular weight is 316 g/mol. The Labute approximate surface area is 125 Å². The highest BCUT2D eigenvalue weighted by Gasteiger charge is 2.12. The smallest absolute Gasteiger partial charge is 0.182 e. The Morgan fingerprint density at radius 3 is 2.11 bits per heavy atom. The number of halogens is 1. The van der Waals surface area contributed by atoms with Gasteiger partial charge >= 0.3 is 0 Å². The van der Waals surface area contributed by atoms with Gasteiger partial charge in [0.1, 0.15) is 0 Å². The average Bonchev–Trinajstić information content (AvgIpc) is 2.49. The van der Waals surface area contributed by atoms with Crippen LogP contribution in [0.5, 0.6) is 0 Å². The normalized spacial score (nSPS) is 14.4. The highest BCUT2D eigenvalue weighted by atomic mass is 79.9. The number of aromatic nitrogens is 1.